The monoisotopic (exact) mass is 543 g/mol. The molecule has 1 aliphatic heterocycles. The van der Waals surface area contributed by atoms with E-state index in [0.717, 1.165) is 38.9 Å². The van der Waals surface area contributed by atoms with Crippen LogP contribution in [0.25, 0.3) is 0 Å². The molecule has 0 radical (unpaired) electrons. The first kappa shape index (κ1) is 29.5. The Bertz CT molecular complexity index is 1160. The highest BCUT2D eigenvalue weighted by molar-refractivity contribution is 6.01. The maximum atomic E-state index is 12.5. The Labute approximate surface area is 227 Å². The minimum absolute atomic E-state index is 0.0384. The minimum Gasteiger partial charge on any atom is -0.504 e. The number of nitrogens with zero attached hydrogens (tertiary/aromatic N) is 1. The van der Waals surface area contributed by atoms with Crippen molar-refractivity contribution in [3.63, 3.8) is 0 Å². The lowest BCUT2D eigenvalue weighted by molar-refractivity contribution is -0.123. The van der Waals surface area contributed by atoms with Gasteiger partial charge in [0.1, 0.15) is 6.10 Å². The number of carbonyl (C=O) groups excluding carboxylic acids is 2. The molecular weight excluding hydrogens is 506 g/mol. The summed E-state index contributed by atoms with van der Waals surface area (Å²) in [7, 11) is 0. The minimum atomic E-state index is -0.727. The van der Waals surface area contributed by atoms with Gasteiger partial charge in [0.05, 0.1) is 11.1 Å². The van der Waals surface area contributed by atoms with Crippen molar-refractivity contribution in [3.8, 4) is 23.0 Å². The van der Waals surface area contributed by atoms with Crippen LogP contribution in [0, 0.1) is 0 Å². The van der Waals surface area contributed by atoms with Gasteiger partial charge in [-0.15, -0.1) is 0 Å². The van der Waals surface area contributed by atoms with Gasteiger partial charge >= 0.3 is 0 Å². The number of phenolic OH excluding ortho intramolecular Hbond substituents is 4. The Kier molecular flexibility index (Phi) is 11.2. The van der Waals surface area contributed by atoms with Gasteiger partial charge in [0.2, 0.25) is 11.8 Å². The van der Waals surface area contributed by atoms with Gasteiger partial charge in [0.25, 0.3) is 5.91 Å². The van der Waals surface area contributed by atoms with Crippen LogP contribution in [-0.4, -0.2) is 89.6 Å². The number of nitrogens with one attached hydrogen (secondary N) is 4. The predicted octanol–water partition coefficient (Wildman–Crippen LogP) is 0.939. The molecule has 212 valence electrons. The Morgan fingerprint density at radius 2 is 1.44 bits per heavy atom. The number of amides is 2. The summed E-state index contributed by atoms with van der Waals surface area (Å²) in [5, 5.41) is 51.0. The summed E-state index contributed by atoms with van der Waals surface area (Å²) >= 11 is 0. The van der Waals surface area contributed by atoms with Crippen LogP contribution in [0.5, 0.6) is 23.0 Å². The molecule has 2 aromatic rings. The van der Waals surface area contributed by atoms with E-state index in [0.29, 0.717) is 19.6 Å². The Balaban J connectivity index is 1.19. The topological polar surface area (TPSA) is 185 Å². The summed E-state index contributed by atoms with van der Waals surface area (Å²) in [5.41, 5.74) is 0.283. The molecule has 2 atom stereocenters. The van der Waals surface area contributed by atoms with Crippen LogP contribution in [0.4, 0.5) is 0 Å². The fourth-order valence-corrected chi connectivity index (χ4v) is 3.96. The van der Waals surface area contributed by atoms with E-state index in [1.165, 1.54) is 24.3 Å². The van der Waals surface area contributed by atoms with Crippen molar-refractivity contribution in [2.75, 3.05) is 39.3 Å². The van der Waals surface area contributed by atoms with E-state index >= 15 is 0 Å². The van der Waals surface area contributed by atoms with Crippen molar-refractivity contribution < 1.29 is 34.8 Å². The van der Waals surface area contributed by atoms with Crippen LogP contribution in [0.15, 0.2) is 41.4 Å². The highest BCUT2D eigenvalue weighted by Gasteiger charge is 2.34. The number of phenols is 4. The summed E-state index contributed by atoms with van der Waals surface area (Å²) in [6.45, 7) is 5.61. The van der Waals surface area contributed by atoms with Crippen molar-refractivity contribution in [1.82, 2.24) is 21.3 Å². The second-order valence-electron chi connectivity index (χ2n) is 9.16. The molecule has 0 saturated carbocycles. The van der Waals surface area contributed by atoms with Crippen molar-refractivity contribution >= 4 is 17.7 Å². The highest BCUT2D eigenvalue weighted by atomic mass is 16.5. The van der Waals surface area contributed by atoms with Gasteiger partial charge in [-0.2, -0.15) is 0 Å². The third-order valence-corrected chi connectivity index (χ3v) is 6.15. The molecular formula is C27H37N5O7. The third-order valence-electron chi connectivity index (χ3n) is 6.15. The van der Waals surface area contributed by atoms with Gasteiger partial charge < -0.3 is 46.4 Å². The lowest BCUT2D eigenvalue weighted by atomic mass is 10.1. The average molecular weight is 544 g/mol. The molecule has 1 heterocycles. The number of ether oxygens (including phenoxy) is 1. The van der Waals surface area contributed by atoms with Crippen molar-refractivity contribution in [1.29, 1.82) is 0 Å². The lowest BCUT2D eigenvalue weighted by Crippen LogP contribution is -2.39. The van der Waals surface area contributed by atoms with Crippen molar-refractivity contribution in [2.24, 2.45) is 4.99 Å². The number of hydrogen-bond acceptors (Lipinski definition) is 10. The Morgan fingerprint density at radius 3 is 2.18 bits per heavy atom. The molecule has 3 rings (SSSR count). The summed E-state index contributed by atoms with van der Waals surface area (Å²) in [6.07, 6.45) is 2.19. The second-order valence-corrected chi connectivity index (χ2v) is 9.16. The van der Waals surface area contributed by atoms with E-state index in [-0.39, 0.29) is 40.2 Å². The Morgan fingerprint density at radius 1 is 0.795 bits per heavy atom. The molecule has 0 bridgehead atoms. The summed E-state index contributed by atoms with van der Waals surface area (Å²) < 4.78 is 5.63. The van der Waals surface area contributed by atoms with Crippen LogP contribution in [0.3, 0.4) is 0 Å². The molecule has 0 spiro atoms. The van der Waals surface area contributed by atoms with E-state index in [2.05, 4.69) is 26.3 Å². The number of rotatable bonds is 15. The van der Waals surface area contributed by atoms with Crippen molar-refractivity contribution in [2.45, 2.75) is 38.3 Å². The smallest absolute Gasteiger partial charge is 0.255 e. The molecule has 8 N–H and O–H groups in total. The van der Waals surface area contributed by atoms with Crippen LogP contribution < -0.4 is 21.3 Å². The van der Waals surface area contributed by atoms with Gasteiger partial charge in [0, 0.05) is 19.6 Å². The van der Waals surface area contributed by atoms with E-state index in [4.69, 9.17) is 4.74 Å². The normalized spacial score (nSPS) is 16.4. The van der Waals surface area contributed by atoms with Crippen LogP contribution >= 0.6 is 0 Å². The van der Waals surface area contributed by atoms with E-state index < -0.39 is 23.8 Å². The predicted molar refractivity (Wildman–Crippen MR) is 145 cm³/mol. The van der Waals surface area contributed by atoms with Gasteiger partial charge in [-0.05, 0) is 70.1 Å². The maximum absolute atomic E-state index is 12.5. The summed E-state index contributed by atoms with van der Waals surface area (Å²) in [4.78, 5) is 28.9. The average Bonchev–Trinajstić information content (AvgIpc) is 3.31. The molecule has 0 fully saturated rings. The number of para-hydroxylation sites is 2. The number of unbranched alkanes of at least 4 members (excludes halogenated alkanes) is 1. The van der Waals surface area contributed by atoms with E-state index in [9.17, 15) is 30.0 Å². The highest BCUT2D eigenvalue weighted by Crippen LogP contribution is 2.31. The quantitative estimate of drug-likeness (QED) is 0.120. The number of aliphatic imine (C=N–C) groups is 1. The Hall–Kier alpha value is -4.03. The zero-order valence-corrected chi connectivity index (χ0v) is 21.9. The largest absolute Gasteiger partial charge is 0.504 e. The van der Waals surface area contributed by atoms with Gasteiger partial charge in [-0.25, -0.2) is 4.99 Å². The molecule has 2 amide bonds. The van der Waals surface area contributed by atoms with E-state index in [1.54, 1.807) is 19.1 Å². The number of aromatic hydroxyl groups is 4. The molecule has 1 aliphatic rings. The molecule has 2 aromatic carbocycles. The zero-order valence-electron chi connectivity index (χ0n) is 21.9. The standard InChI is InChI=1S/C27H37N5O7/c1-17-22(32-27(39-17)19-8-5-10-21(34)24(19)36)26(38)30-14-6-13-28-11-2-3-12-29-15-16-31-25(37)18-7-4-9-20(33)23(18)35/h4-5,7-10,17,22,28-29,33-36H,2-3,6,11-16H2,1H3,(H,30,38)(H,31,37)/t17?,22-/m0/s1. The van der Waals surface area contributed by atoms with Crippen molar-refractivity contribution in [3.05, 3.63) is 47.5 Å². The summed E-state index contributed by atoms with van der Waals surface area (Å²) in [6, 6.07) is 8.01. The lowest BCUT2D eigenvalue weighted by Gasteiger charge is -2.13. The number of carbonyl (C=O) groups is 2. The SMILES string of the molecule is CC1OC(c2cccc(O)c2O)=N[C@@H]1C(=O)NCCCNCCCCNCCNC(=O)c1cccc(O)c1O. The maximum Gasteiger partial charge on any atom is 0.255 e. The second kappa shape index (κ2) is 14.8. The zero-order chi connectivity index (χ0) is 28.2. The van der Waals surface area contributed by atoms with Gasteiger partial charge in [0.15, 0.2) is 29.0 Å². The van der Waals surface area contributed by atoms with Gasteiger partial charge in [-0.1, -0.05) is 12.1 Å². The van der Waals surface area contributed by atoms with E-state index in [1.807, 2.05) is 0 Å². The molecule has 0 aromatic heterocycles. The molecule has 0 saturated heterocycles. The molecule has 12 heteroatoms. The van der Waals surface area contributed by atoms with Crippen LogP contribution in [0.2, 0.25) is 0 Å². The molecule has 0 aliphatic carbocycles. The van der Waals surface area contributed by atoms with Gasteiger partial charge in [-0.3, -0.25) is 9.59 Å². The fourth-order valence-electron chi connectivity index (χ4n) is 3.96. The molecule has 39 heavy (non-hydrogen) atoms. The van der Waals surface area contributed by atoms with Crippen LogP contribution in [-0.2, 0) is 9.53 Å². The fraction of sp³-hybridized carbons (Fsp3) is 0.444. The number of benzene rings is 2. The number of hydrogen-bond donors (Lipinski definition) is 8. The first-order valence-corrected chi connectivity index (χ1v) is 13.0. The summed E-state index contributed by atoms with van der Waals surface area (Å²) in [5.74, 6) is -1.93. The molecule has 1 unspecified atom stereocenters. The van der Waals surface area contributed by atoms with Crippen LogP contribution in [0.1, 0.15) is 42.1 Å². The first-order valence-electron chi connectivity index (χ1n) is 13.0. The molecule has 12 nitrogen and oxygen atoms in total. The third kappa shape index (κ3) is 8.48. The first-order chi connectivity index (χ1) is 18.8.